The Kier molecular flexibility index (Phi) is 6.80. The van der Waals surface area contributed by atoms with Crippen LogP contribution >= 0.6 is 0 Å². The van der Waals surface area contributed by atoms with E-state index >= 15 is 0 Å². The Morgan fingerprint density at radius 2 is 1.64 bits per heavy atom. The molecule has 1 heterocycles. The van der Waals surface area contributed by atoms with Crippen LogP contribution in [0.1, 0.15) is 27.0 Å². The fourth-order valence-electron chi connectivity index (χ4n) is 4.59. The Hall–Kier alpha value is -3.62. The van der Waals surface area contributed by atoms with Crippen LogP contribution in [0.4, 0.5) is 13.2 Å². The number of Topliss-reactive ketones (excluding diaryl/α,β-unsaturated/α-hetero) is 1. The predicted octanol–water partition coefficient (Wildman–Crippen LogP) is 4.98. The number of ether oxygens (including phenoxy) is 3. The lowest BCUT2D eigenvalue weighted by Gasteiger charge is -2.26. The second-order valence-corrected chi connectivity index (χ2v) is 8.56. The van der Waals surface area contributed by atoms with Crippen LogP contribution in [0.3, 0.4) is 0 Å². The molecule has 0 amide bonds. The van der Waals surface area contributed by atoms with E-state index < -0.39 is 23.2 Å². The number of carbonyl (C=O) groups excluding carboxylic acids is 1. The van der Waals surface area contributed by atoms with Crippen LogP contribution in [-0.2, 0) is 4.74 Å². The van der Waals surface area contributed by atoms with Crippen molar-refractivity contribution < 1.29 is 32.2 Å². The molecule has 0 atom stereocenters. The van der Waals surface area contributed by atoms with Gasteiger partial charge in [-0.3, -0.25) is 9.69 Å². The monoisotopic (exact) mass is 495 g/mol. The molecule has 0 bridgehead atoms. The molecule has 0 aromatic heterocycles. The summed E-state index contributed by atoms with van der Waals surface area (Å²) in [5.41, 5.74) is 1.50. The summed E-state index contributed by atoms with van der Waals surface area (Å²) in [6, 6.07) is 12.3. The minimum atomic E-state index is -0.817. The maximum Gasteiger partial charge on any atom is 0.195 e. The van der Waals surface area contributed by atoms with Crippen molar-refractivity contribution in [3.63, 3.8) is 0 Å². The Balaban J connectivity index is 1.52. The van der Waals surface area contributed by atoms with Gasteiger partial charge < -0.3 is 14.2 Å². The molecule has 0 N–H and O–H groups in total. The molecule has 0 saturated carbocycles. The standard InChI is InChI=1S/C28H24F3NO4/c1-34-25-7-2-17(14-24(25)31)26-27(21-5-3-18(29)15-23(21)30)20-6-4-19(16-22(20)28(26)33)36-13-10-32-8-11-35-12-9-32/h2-7,14-16H,8-13H2,1H3. The third kappa shape index (κ3) is 4.62. The quantitative estimate of drug-likeness (QED) is 0.463. The molecule has 36 heavy (non-hydrogen) atoms. The van der Waals surface area contributed by atoms with Gasteiger partial charge in [0, 0.05) is 48.0 Å². The van der Waals surface area contributed by atoms with Crippen molar-refractivity contribution in [1.82, 2.24) is 4.90 Å². The summed E-state index contributed by atoms with van der Waals surface area (Å²) in [6.45, 7) is 4.20. The second kappa shape index (κ2) is 10.2. The molecule has 3 aromatic carbocycles. The van der Waals surface area contributed by atoms with Crippen molar-refractivity contribution in [1.29, 1.82) is 0 Å². The van der Waals surface area contributed by atoms with Crippen LogP contribution in [-0.4, -0.2) is 57.2 Å². The Morgan fingerprint density at radius 3 is 2.36 bits per heavy atom. The molecule has 1 aliphatic carbocycles. The van der Waals surface area contributed by atoms with Crippen molar-refractivity contribution >= 4 is 16.9 Å². The zero-order valence-corrected chi connectivity index (χ0v) is 19.7. The number of hydrogen-bond acceptors (Lipinski definition) is 5. The lowest BCUT2D eigenvalue weighted by atomic mass is 9.93. The minimum Gasteiger partial charge on any atom is -0.494 e. The Labute approximate surface area is 206 Å². The van der Waals surface area contributed by atoms with Gasteiger partial charge in [0.1, 0.15) is 24.0 Å². The van der Waals surface area contributed by atoms with Crippen molar-refractivity contribution in [2.75, 3.05) is 46.6 Å². The third-order valence-electron chi connectivity index (χ3n) is 6.40. The van der Waals surface area contributed by atoms with E-state index in [2.05, 4.69) is 4.90 Å². The molecule has 2 aliphatic rings. The van der Waals surface area contributed by atoms with Crippen LogP contribution < -0.4 is 9.47 Å². The smallest absolute Gasteiger partial charge is 0.195 e. The maximum absolute atomic E-state index is 14.9. The van der Waals surface area contributed by atoms with E-state index in [0.717, 1.165) is 31.8 Å². The molecule has 0 unspecified atom stereocenters. The molecule has 1 saturated heterocycles. The molecule has 1 fully saturated rings. The number of fused-ring (bicyclic) bond motifs is 1. The van der Waals surface area contributed by atoms with Gasteiger partial charge >= 0.3 is 0 Å². The Morgan fingerprint density at radius 1 is 0.861 bits per heavy atom. The van der Waals surface area contributed by atoms with Gasteiger partial charge in [0.25, 0.3) is 0 Å². The number of hydrogen-bond donors (Lipinski definition) is 0. The number of nitrogens with zero attached hydrogens (tertiary/aromatic N) is 1. The van der Waals surface area contributed by atoms with Crippen LogP contribution in [0, 0.1) is 17.5 Å². The highest BCUT2D eigenvalue weighted by atomic mass is 19.1. The zero-order chi connectivity index (χ0) is 25.2. The highest BCUT2D eigenvalue weighted by Gasteiger charge is 2.33. The highest BCUT2D eigenvalue weighted by Crippen LogP contribution is 2.44. The molecular formula is C28H24F3NO4. The van der Waals surface area contributed by atoms with E-state index in [1.807, 2.05) is 0 Å². The van der Waals surface area contributed by atoms with Crippen molar-refractivity contribution in [3.8, 4) is 11.5 Å². The molecule has 0 radical (unpaired) electrons. The number of morpholine rings is 1. The first-order valence-electron chi connectivity index (χ1n) is 11.6. The van der Waals surface area contributed by atoms with Gasteiger partial charge in [-0.2, -0.15) is 0 Å². The first-order chi connectivity index (χ1) is 17.5. The van der Waals surface area contributed by atoms with Gasteiger partial charge in [0.2, 0.25) is 0 Å². The maximum atomic E-state index is 14.9. The normalized spacial score (nSPS) is 15.8. The van der Waals surface area contributed by atoms with Crippen molar-refractivity contribution in [2.24, 2.45) is 0 Å². The van der Waals surface area contributed by atoms with E-state index in [9.17, 15) is 18.0 Å². The lowest BCUT2D eigenvalue weighted by Crippen LogP contribution is -2.38. The van der Waals surface area contributed by atoms with Gasteiger partial charge in [-0.25, -0.2) is 13.2 Å². The summed E-state index contributed by atoms with van der Waals surface area (Å²) in [7, 11) is 1.34. The average Bonchev–Trinajstić information content (AvgIpc) is 3.16. The summed E-state index contributed by atoms with van der Waals surface area (Å²) >= 11 is 0. The largest absolute Gasteiger partial charge is 0.494 e. The number of rotatable bonds is 7. The second-order valence-electron chi connectivity index (χ2n) is 8.56. The van der Waals surface area contributed by atoms with Crippen molar-refractivity contribution in [2.45, 2.75) is 0 Å². The fourth-order valence-corrected chi connectivity index (χ4v) is 4.59. The summed E-state index contributed by atoms with van der Waals surface area (Å²) in [4.78, 5) is 15.8. The van der Waals surface area contributed by atoms with Crippen LogP contribution in [0.5, 0.6) is 11.5 Å². The van der Waals surface area contributed by atoms with Gasteiger partial charge in [-0.05, 0) is 53.6 Å². The van der Waals surface area contributed by atoms with Gasteiger partial charge in [0.05, 0.1) is 20.3 Å². The average molecular weight is 495 g/mol. The van der Waals surface area contributed by atoms with E-state index in [-0.39, 0.29) is 28.0 Å². The van der Waals surface area contributed by atoms with E-state index in [1.54, 1.807) is 24.3 Å². The molecule has 5 nitrogen and oxygen atoms in total. The summed E-state index contributed by atoms with van der Waals surface area (Å²) in [5, 5.41) is 0. The number of allylic oxidation sites excluding steroid dienone is 1. The summed E-state index contributed by atoms with van der Waals surface area (Å²) in [6.07, 6.45) is 0. The van der Waals surface area contributed by atoms with E-state index in [1.165, 1.54) is 25.3 Å². The topological polar surface area (TPSA) is 48.0 Å². The minimum absolute atomic E-state index is 0.0211. The summed E-state index contributed by atoms with van der Waals surface area (Å²) in [5.74, 6) is -2.08. The fraction of sp³-hybridized carbons (Fsp3) is 0.250. The van der Waals surface area contributed by atoms with Gasteiger partial charge in [0.15, 0.2) is 17.3 Å². The zero-order valence-electron chi connectivity index (χ0n) is 19.7. The van der Waals surface area contributed by atoms with E-state index in [4.69, 9.17) is 14.2 Å². The number of methoxy groups -OCH3 is 1. The molecule has 3 aromatic rings. The van der Waals surface area contributed by atoms with Gasteiger partial charge in [-0.15, -0.1) is 0 Å². The molecular weight excluding hydrogens is 471 g/mol. The van der Waals surface area contributed by atoms with E-state index in [0.29, 0.717) is 36.7 Å². The van der Waals surface area contributed by atoms with Crippen LogP contribution in [0.2, 0.25) is 0 Å². The van der Waals surface area contributed by atoms with Crippen molar-refractivity contribution in [3.05, 3.63) is 94.3 Å². The number of ketones is 1. The number of halogens is 3. The molecule has 8 heteroatoms. The van der Waals surface area contributed by atoms with Crippen LogP contribution in [0.15, 0.2) is 54.6 Å². The molecule has 186 valence electrons. The Bertz CT molecular complexity index is 1350. The van der Waals surface area contributed by atoms with Crippen LogP contribution in [0.25, 0.3) is 11.1 Å². The lowest BCUT2D eigenvalue weighted by molar-refractivity contribution is 0.0322. The predicted molar refractivity (Wildman–Crippen MR) is 129 cm³/mol. The molecule has 1 aliphatic heterocycles. The van der Waals surface area contributed by atoms with Gasteiger partial charge in [-0.1, -0.05) is 6.07 Å². The SMILES string of the molecule is COc1ccc(C2=C(c3ccc(F)cc3F)c3ccc(OCCN4CCOCC4)cc3C2=O)cc1F. The first-order valence-corrected chi connectivity index (χ1v) is 11.6. The summed E-state index contributed by atoms with van der Waals surface area (Å²) < 4.78 is 59.4. The number of benzene rings is 3. The molecule has 0 spiro atoms. The third-order valence-corrected chi connectivity index (χ3v) is 6.40. The number of carbonyl (C=O) groups is 1. The first kappa shape index (κ1) is 24.1. The highest BCUT2D eigenvalue weighted by molar-refractivity contribution is 6.41. The molecule has 5 rings (SSSR count).